The molecule has 12 heteroatoms. The van der Waals surface area contributed by atoms with Crippen molar-refractivity contribution < 1.29 is 34.2 Å². The third kappa shape index (κ3) is 4.82. The van der Waals surface area contributed by atoms with E-state index in [-0.39, 0.29) is 41.3 Å². The van der Waals surface area contributed by atoms with Crippen LogP contribution in [0.3, 0.4) is 0 Å². The molecule has 6 atom stereocenters. The number of rotatable bonds is 5. The van der Waals surface area contributed by atoms with Crippen molar-refractivity contribution in [2.24, 2.45) is 29.4 Å². The number of ketones is 4. The molecule has 0 spiro atoms. The van der Waals surface area contributed by atoms with Gasteiger partial charge in [-0.1, -0.05) is 0 Å². The highest BCUT2D eigenvalue weighted by Gasteiger charge is 2.69. The van der Waals surface area contributed by atoms with Gasteiger partial charge in [-0.2, -0.15) is 0 Å². The van der Waals surface area contributed by atoms with Gasteiger partial charge in [-0.25, -0.2) is 0 Å². The van der Waals surface area contributed by atoms with Crippen LogP contribution in [-0.4, -0.2) is 101 Å². The molecule has 4 aliphatic rings. The van der Waals surface area contributed by atoms with Gasteiger partial charge in [-0.3, -0.25) is 28.9 Å². The number of benzene rings is 1. The Morgan fingerprint density at radius 1 is 1.02 bits per heavy atom. The lowest BCUT2D eigenvalue weighted by Gasteiger charge is -2.52. The molecule has 1 aromatic carbocycles. The van der Waals surface area contributed by atoms with Crippen LogP contribution in [0.2, 0.25) is 0 Å². The molecule has 6 unspecified atom stereocenters. The number of piperidine rings is 1. The number of nitrogens with zero attached hydrogens (tertiary/aromatic N) is 2. The SMILES string of the molecule is CN(C)c1cc(NC2CC(C)(C)NC(C)(C)C2)c(O)c2c1CC1CC3C(N(C)C)C(=O)C(C(N)=O)C(=O)C3(O)C(=O)C1C2=O. The maximum absolute atomic E-state index is 14.3. The zero-order valence-electron chi connectivity index (χ0n) is 26.8. The van der Waals surface area contributed by atoms with Gasteiger partial charge in [0.25, 0.3) is 0 Å². The molecule has 1 heterocycles. The van der Waals surface area contributed by atoms with Gasteiger partial charge in [-0.05, 0) is 85.0 Å². The third-order valence-electron chi connectivity index (χ3n) is 10.1. The van der Waals surface area contributed by atoms with Crippen LogP contribution in [0.15, 0.2) is 6.07 Å². The van der Waals surface area contributed by atoms with E-state index in [4.69, 9.17) is 5.73 Å². The number of carbonyl (C=O) groups excluding carboxylic acids is 5. The average Bonchev–Trinajstić information content (AvgIpc) is 2.85. The van der Waals surface area contributed by atoms with Crippen molar-refractivity contribution in [2.45, 2.75) is 82.1 Å². The van der Waals surface area contributed by atoms with Crippen LogP contribution in [0.25, 0.3) is 0 Å². The summed E-state index contributed by atoms with van der Waals surface area (Å²) in [5.41, 5.74) is 3.91. The minimum Gasteiger partial charge on any atom is -0.505 e. The van der Waals surface area contributed by atoms with Gasteiger partial charge in [-0.15, -0.1) is 0 Å². The number of phenols is 1. The Hall–Kier alpha value is -3.35. The van der Waals surface area contributed by atoms with Gasteiger partial charge < -0.3 is 31.5 Å². The number of carbonyl (C=O) groups is 5. The van der Waals surface area contributed by atoms with Gasteiger partial charge in [0, 0.05) is 42.8 Å². The zero-order valence-corrected chi connectivity index (χ0v) is 26.8. The van der Waals surface area contributed by atoms with E-state index in [0.717, 1.165) is 12.8 Å². The molecule has 1 amide bonds. The van der Waals surface area contributed by atoms with Gasteiger partial charge in [0.05, 0.1) is 23.2 Å². The molecule has 44 heavy (non-hydrogen) atoms. The number of nitrogens with one attached hydrogen (secondary N) is 2. The second-order valence-electron chi connectivity index (χ2n) is 15.0. The second kappa shape index (κ2) is 10.3. The lowest BCUT2D eigenvalue weighted by molar-refractivity contribution is -0.181. The van der Waals surface area contributed by atoms with Crippen LogP contribution in [0.1, 0.15) is 62.9 Å². The molecule has 3 aliphatic carbocycles. The van der Waals surface area contributed by atoms with Gasteiger partial charge in [0.1, 0.15) is 5.75 Å². The summed E-state index contributed by atoms with van der Waals surface area (Å²) < 4.78 is 0. The lowest BCUT2D eigenvalue weighted by Crippen LogP contribution is -2.74. The van der Waals surface area contributed by atoms with Crippen LogP contribution >= 0.6 is 0 Å². The predicted molar refractivity (Wildman–Crippen MR) is 164 cm³/mol. The Labute approximate surface area is 257 Å². The summed E-state index contributed by atoms with van der Waals surface area (Å²) in [6.07, 6.45) is 1.73. The first-order valence-electron chi connectivity index (χ1n) is 15.2. The largest absolute Gasteiger partial charge is 0.505 e. The number of aliphatic hydroxyl groups is 1. The van der Waals surface area contributed by atoms with E-state index in [9.17, 15) is 34.2 Å². The number of phenolic OH excluding ortho intramolecular Hbond substituents is 1. The Bertz CT molecular complexity index is 1450. The standard InChI is InChI=1S/C32H45N5O7/c1-30(2)12-15(13-31(3,4)35-30)34-18-11-19(36(5)6)16-9-14-10-17-23(37(7)8)26(40)22(29(33)43)28(42)32(17,44)27(41)20(14)25(39)21(16)24(18)38/h11,14-15,17,20,22-23,34-35,38,44H,9-10,12-13H2,1-8H3,(H2,33,43). The molecule has 0 aromatic heterocycles. The zero-order chi connectivity index (χ0) is 32.8. The molecule has 0 bridgehead atoms. The molecule has 12 nitrogen and oxygen atoms in total. The minimum atomic E-state index is -2.75. The number of anilines is 2. The van der Waals surface area contributed by atoms with Crippen molar-refractivity contribution >= 4 is 40.4 Å². The highest BCUT2D eigenvalue weighted by Crippen LogP contribution is 2.53. The Kier molecular flexibility index (Phi) is 7.54. The molecular formula is C32H45N5O7. The van der Waals surface area contributed by atoms with E-state index in [1.54, 1.807) is 14.1 Å². The van der Waals surface area contributed by atoms with Crippen molar-refractivity contribution in [1.82, 2.24) is 10.2 Å². The topological polar surface area (TPSA) is 182 Å². The number of amides is 1. The van der Waals surface area contributed by atoms with Crippen molar-refractivity contribution in [3.63, 3.8) is 0 Å². The van der Waals surface area contributed by atoms with Crippen LogP contribution in [0.4, 0.5) is 11.4 Å². The monoisotopic (exact) mass is 611 g/mol. The highest BCUT2D eigenvalue weighted by molar-refractivity contribution is 6.32. The Morgan fingerprint density at radius 2 is 1.61 bits per heavy atom. The number of hydrogen-bond acceptors (Lipinski definition) is 11. The first-order valence-corrected chi connectivity index (χ1v) is 15.2. The second-order valence-corrected chi connectivity index (χ2v) is 15.0. The number of nitrogens with two attached hydrogens (primary N) is 1. The molecule has 6 N–H and O–H groups in total. The summed E-state index contributed by atoms with van der Waals surface area (Å²) >= 11 is 0. The lowest BCUT2D eigenvalue weighted by atomic mass is 9.52. The molecule has 1 aromatic rings. The Morgan fingerprint density at radius 3 is 2.14 bits per heavy atom. The first kappa shape index (κ1) is 32.1. The molecule has 3 fully saturated rings. The molecule has 2 saturated carbocycles. The maximum Gasteiger partial charge on any atom is 0.235 e. The summed E-state index contributed by atoms with van der Waals surface area (Å²) in [7, 11) is 6.80. The fraction of sp³-hybridized carbons (Fsp3) is 0.656. The number of Topliss-reactive ketones (excluding diaryl/α,β-unsaturated/α-hetero) is 4. The van der Waals surface area contributed by atoms with E-state index in [1.165, 1.54) is 4.90 Å². The summed E-state index contributed by atoms with van der Waals surface area (Å²) in [6.45, 7) is 8.45. The van der Waals surface area contributed by atoms with Crippen molar-refractivity contribution in [2.75, 3.05) is 38.4 Å². The molecular weight excluding hydrogens is 566 g/mol. The maximum atomic E-state index is 14.3. The van der Waals surface area contributed by atoms with Crippen molar-refractivity contribution in [1.29, 1.82) is 0 Å². The van der Waals surface area contributed by atoms with E-state index >= 15 is 0 Å². The van der Waals surface area contributed by atoms with Crippen LogP contribution < -0.4 is 21.3 Å². The fourth-order valence-electron chi connectivity index (χ4n) is 8.81. The summed E-state index contributed by atoms with van der Waals surface area (Å²) in [5.74, 6) is -10.5. The van der Waals surface area contributed by atoms with E-state index in [2.05, 4.69) is 38.3 Å². The van der Waals surface area contributed by atoms with Crippen LogP contribution in [0.5, 0.6) is 5.75 Å². The van der Waals surface area contributed by atoms with E-state index < -0.39 is 64.4 Å². The first-order chi connectivity index (χ1) is 20.2. The normalized spacial score (nSPS) is 33.0. The summed E-state index contributed by atoms with van der Waals surface area (Å²) in [5, 5.41) is 30.6. The highest BCUT2D eigenvalue weighted by atomic mass is 16.3. The number of fused-ring (bicyclic) bond motifs is 3. The summed E-state index contributed by atoms with van der Waals surface area (Å²) in [6, 6.07) is 0.650. The molecule has 0 radical (unpaired) electrons. The van der Waals surface area contributed by atoms with E-state index in [1.807, 2.05) is 25.1 Å². The molecule has 1 saturated heterocycles. The van der Waals surface area contributed by atoms with Gasteiger partial charge >= 0.3 is 0 Å². The quantitative estimate of drug-likeness (QED) is 0.233. The molecule has 240 valence electrons. The van der Waals surface area contributed by atoms with E-state index in [0.29, 0.717) is 16.9 Å². The smallest absolute Gasteiger partial charge is 0.235 e. The van der Waals surface area contributed by atoms with Crippen LogP contribution in [-0.2, 0) is 25.6 Å². The van der Waals surface area contributed by atoms with Gasteiger partial charge in [0.2, 0.25) is 5.91 Å². The fourth-order valence-corrected chi connectivity index (χ4v) is 8.81. The molecule has 1 aliphatic heterocycles. The van der Waals surface area contributed by atoms with Crippen molar-refractivity contribution in [3.05, 3.63) is 17.2 Å². The third-order valence-corrected chi connectivity index (χ3v) is 10.1. The van der Waals surface area contributed by atoms with Crippen LogP contribution in [0, 0.1) is 23.7 Å². The minimum absolute atomic E-state index is 0.0107. The average molecular weight is 612 g/mol. The number of primary amides is 1. The van der Waals surface area contributed by atoms with Crippen molar-refractivity contribution in [3.8, 4) is 5.75 Å². The van der Waals surface area contributed by atoms with Gasteiger partial charge in [0.15, 0.2) is 34.7 Å². The summed E-state index contributed by atoms with van der Waals surface area (Å²) in [4.78, 5) is 70.9. The number of hydrogen-bond donors (Lipinski definition) is 5. The predicted octanol–water partition coefficient (Wildman–Crippen LogP) is 0.654. The Balaban J connectivity index is 1.60. The number of aromatic hydroxyl groups is 1. The number of likely N-dealkylation sites (N-methyl/N-ethyl adjacent to an activating group) is 1. The molecule has 5 rings (SSSR count).